The minimum atomic E-state index is -4.46. The van der Waals surface area contributed by atoms with Crippen molar-refractivity contribution in [3.63, 3.8) is 0 Å². The molecule has 0 saturated carbocycles. The molecule has 0 saturated heterocycles. The highest BCUT2D eigenvalue weighted by Crippen LogP contribution is 2.29. The molecule has 0 radical (unpaired) electrons. The smallest absolute Gasteiger partial charge is 0.422 e. The lowest BCUT2D eigenvalue weighted by Gasteiger charge is -2.18. The summed E-state index contributed by atoms with van der Waals surface area (Å²) in [6.45, 7) is 3.95. The molecule has 0 fully saturated rings. The molecule has 176 valence electrons. The van der Waals surface area contributed by atoms with Gasteiger partial charge in [0.15, 0.2) is 6.61 Å². The first kappa shape index (κ1) is 24.0. The fourth-order valence-electron chi connectivity index (χ4n) is 3.23. The van der Waals surface area contributed by atoms with Crippen LogP contribution in [0.1, 0.15) is 41.5 Å². The Bertz CT molecular complexity index is 1160. The van der Waals surface area contributed by atoms with Crippen molar-refractivity contribution in [2.24, 2.45) is 0 Å². The van der Waals surface area contributed by atoms with E-state index in [4.69, 9.17) is 4.74 Å². The Morgan fingerprint density at radius 2 is 1.94 bits per heavy atom. The molecule has 12 heteroatoms. The molecule has 0 spiro atoms. The molecule has 9 nitrogen and oxygen atoms in total. The maximum atomic E-state index is 12.6. The van der Waals surface area contributed by atoms with Crippen molar-refractivity contribution in [2.75, 3.05) is 19.7 Å². The van der Waals surface area contributed by atoms with Crippen LogP contribution in [0.25, 0.3) is 10.9 Å². The van der Waals surface area contributed by atoms with E-state index < -0.39 is 24.7 Å². The molecule has 0 bridgehead atoms. The first-order valence-corrected chi connectivity index (χ1v) is 10.1. The zero-order valence-corrected chi connectivity index (χ0v) is 18.2. The van der Waals surface area contributed by atoms with Gasteiger partial charge in [0.25, 0.3) is 5.91 Å². The van der Waals surface area contributed by atoms with E-state index in [2.05, 4.69) is 25.7 Å². The topological polar surface area (TPSA) is 111 Å². The number of carbonyl (C=O) groups excluding carboxylic acids is 2. The van der Waals surface area contributed by atoms with Gasteiger partial charge in [0.05, 0.1) is 23.1 Å². The van der Waals surface area contributed by atoms with Crippen molar-refractivity contribution in [1.29, 1.82) is 0 Å². The van der Waals surface area contributed by atoms with Gasteiger partial charge in [0.1, 0.15) is 11.4 Å². The van der Waals surface area contributed by atoms with Gasteiger partial charge in [-0.3, -0.25) is 24.2 Å². The number of pyridine rings is 2. The van der Waals surface area contributed by atoms with Crippen LogP contribution in [0.3, 0.4) is 0 Å². The summed E-state index contributed by atoms with van der Waals surface area (Å²) >= 11 is 0. The van der Waals surface area contributed by atoms with Gasteiger partial charge >= 0.3 is 6.18 Å². The average Bonchev–Trinajstić information content (AvgIpc) is 3.19. The number of hydrogen-bond acceptors (Lipinski definition) is 6. The molecular formula is C21H23F3N6O3. The molecule has 2 amide bonds. The molecule has 0 aliphatic rings. The van der Waals surface area contributed by atoms with Gasteiger partial charge < -0.3 is 15.4 Å². The summed E-state index contributed by atoms with van der Waals surface area (Å²) in [6.07, 6.45) is 1.44. The molecule has 3 heterocycles. The van der Waals surface area contributed by atoms with Crippen molar-refractivity contribution in [3.05, 3.63) is 47.7 Å². The number of rotatable bonds is 8. The maximum Gasteiger partial charge on any atom is 0.422 e. The lowest BCUT2D eigenvalue weighted by Crippen LogP contribution is -2.34. The molecule has 3 rings (SSSR count). The summed E-state index contributed by atoms with van der Waals surface area (Å²) in [7, 11) is 0. The van der Waals surface area contributed by atoms with Gasteiger partial charge in [-0.2, -0.15) is 18.3 Å². The summed E-state index contributed by atoms with van der Waals surface area (Å²) in [5.41, 5.74) is 1.83. The Morgan fingerprint density at radius 3 is 2.64 bits per heavy atom. The molecular weight excluding hydrogens is 441 g/mol. The Hall–Kier alpha value is -3.70. The van der Waals surface area contributed by atoms with Gasteiger partial charge in [0.2, 0.25) is 5.91 Å². The van der Waals surface area contributed by atoms with E-state index in [0.717, 1.165) is 0 Å². The number of nitrogens with one attached hydrogen (secondary N) is 2. The second-order valence-corrected chi connectivity index (χ2v) is 7.37. The third-order valence-corrected chi connectivity index (χ3v) is 4.90. The summed E-state index contributed by atoms with van der Waals surface area (Å²) in [4.78, 5) is 31.7. The zero-order chi connectivity index (χ0) is 24.2. The van der Waals surface area contributed by atoms with Gasteiger partial charge in [-0.1, -0.05) is 0 Å². The van der Waals surface area contributed by atoms with Crippen LogP contribution in [0.2, 0.25) is 0 Å². The number of amides is 2. The van der Waals surface area contributed by atoms with E-state index >= 15 is 0 Å². The van der Waals surface area contributed by atoms with Crippen LogP contribution in [0.15, 0.2) is 30.9 Å². The fraction of sp³-hybridized carbons (Fsp3) is 0.381. The number of nitrogens with zero attached hydrogens (tertiary/aromatic N) is 4. The number of carbonyl (C=O) groups is 2. The highest BCUT2D eigenvalue weighted by atomic mass is 19.4. The fourth-order valence-corrected chi connectivity index (χ4v) is 3.23. The lowest BCUT2D eigenvalue weighted by molar-refractivity contribution is -0.153. The van der Waals surface area contributed by atoms with Crippen LogP contribution >= 0.6 is 0 Å². The third kappa shape index (κ3) is 5.96. The van der Waals surface area contributed by atoms with E-state index in [1.807, 2.05) is 6.92 Å². The first-order chi connectivity index (χ1) is 15.6. The van der Waals surface area contributed by atoms with Crippen molar-refractivity contribution >= 4 is 22.7 Å². The average molecular weight is 464 g/mol. The molecule has 33 heavy (non-hydrogen) atoms. The van der Waals surface area contributed by atoms with E-state index in [1.54, 1.807) is 30.1 Å². The summed E-state index contributed by atoms with van der Waals surface area (Å²) in [5, 5.41) is 10.3. The van der Waals surface area contributed by atoms with E-state index in [0.29, 0.717) is 22.0 Å². The van der Waals surface area contributed by atoms with Crippen LogP contribution in [0.5, 0.6) is 5.75 Å². The van der Waals surface area contributed by atoms with Crippen LogP contribution in [0.4, 0.5) is 13.2 Å². The summed E-state index contributed by atoms with van der Waals surface area (Å²) < 4.78 is 44.1. The van der Waals surface area contributed by atoms with Gasteiger partial charge in [-0.25, -0.2) is 0 Å². The summed E-state index contributed by atoms with van der Waals surface area (Å²) in [6, 6.07) is 1.25. The van der Waals surface area contributed by atoms with E-state index in [9.17, 15) is 22.8 Å². The molecule has 1 unspecified atom stereocenters. The Morgan fingerprint density at radius 1 is 1.21 bits per heavy atom. The minimum Gasteiger partial charge on any atom is -0.482 e. The quantitative estimate of drug-likeness (QED) is 0.496. The predicted molar refractivity (Wildman–Crippen MR) is 113 cm³/mol. The molecule has 1 atom stereocenters. The maximum absolute atomic E-state index is 12.6. The van der Waals surface area contributed by atoms with Crippen LogP contribution < -0.4 is 15.4 Å². The molecule has 0 aliphatic carbocycles. The Labute approximate surface area is 187 Å². The van der Waals surface area contributed by atoms with Crippen LogP contribution in [-0.4, -0.2) is 57.4 Å². The number of halogens is 3. The Balaban J connectivity index is 1.83. The van der Waals surface area contributed by atoms with Crippen LogP contribution in [-0.2, 0) is 4.79 Å². The first-order valence-electron chi connectivity index (χ1n) is 10.1. The molecule has 0 aliphatic heterocycles. The van der Waals surface area contributed by atoms with Crippen molar-refractivity contribution in [2.45, 2.75) is 33.0 Å². The highest BCUT2D eigenvalue weighted by Gasteiger charge is 2.29. The number of fused-ring (bicyclic) bond motifs is 1. The summed E-state index contributed by atoms with van der Waals surface area (Å²) in [5.74, 6) is -0.578. The molecule has 0 aromatic carbocycles. The van der Waals surface area contributed by atoms with Crippen molar-refractivity contribution in [1.82, 2.24) is 30.4 Å². The SMILES string of the molecule is CC(=O)NCCNC(=O)c1nccc2nn(C(C)c3cncc(OCC(F)(F)F)c3C)cc12. The molecule has 3 aromatic heterocycles. The van der Waals surface area contributed by atoms with Gasteiger partial charge in [-0.15, -0.1) is 0 Å². The lowest BCUT2D eigenvalue weighted by atomic mass is 10.0. The number of ether oxygens (including phenoxy) is 1. The standard InChI is InChI=1S/C21H23F3N6O3/c1-12-15(8-25-9-18(12)33-11-21(22,23)24)13(2)30-10-16-17(29-30)4-5-27-19(16)20(32)28-7-6-26-14(3)31/h4-5,8-10,13H,6-7,11H2,1-3H3,(H,26,31)(H,28,32). The van der Waals surface area contributed by atoms with Gasteiger partial charge in [0, 0.05) is 44.2 Å². The normalized spacial score (nSPS) is 12.4. The third-order valence-electron chi connectivity index (χ3n) is 4.90. The van der Waals surface area contributed by atoms with Crippen LogP contribution in [0, 0.1) is 6.92 Å². The van der Waals surface area contributed by atoms with E-state index in [-0.39, 0.29) is 30.4 Å². The largest absolute Gasteiger partial charge is 0.482 e. The van der Waals surface area contributed by atoms with Crippen molar-refractivity contribution < 1.29 is 27.5 Å². The zero-order valence-electron chi connectivity index (χ0n) is 18.2. The molecule has 2 N–H and O–H groups in total. The second kappa shape index (κ2) is 9.84. The predicted octanol–water partition coefficient (Wildman–Crippen LogP) is 2.55. The monoisotopic (exact) mass is 464 g/mol. The highest BCUT2D eigenvalue weighted by molar-refractivity contribution is 6.04. The molecule has 3 aromatic rings. The minimum absolute atomic E-state index is 0.0364. The number of alkyl halides is 3. The number of hydrogen-bond donors (Lipinski definition) is 2. The van der Waals surface area contributed by atoms with Crippen molar-refractivity contribution in [3.8, 4) is 5.75 Å². The van der Waals surface area contributed by atoms with Gasteiger partial charge in [-0.05, 0) is 25.5 Å². The Kier molecular flexibility index (Phi) is 7.14. The number of aromatic nitrogens is 4. The second-order valence-electron chi connectivity index (χ2n) is 7.37. The van der Waals surface area contributed by atoms with E-state index in [1.165, 1.54) is 19.3 Å².